The monoisotopic (exact) mass is 224 g/mol. The van der Waals surface area contributed by atoms with E-state index >= 15 is 0 Å². The first-order valence-corrected chi connectivity index (χ1v) is 5.41. The summed E-state index contributed by atoms with van der Waals surface area (Å²) in [6, 6.07) is 1.69. The molecule has 5 nitrogen and oxygen atoms in total. The van der Waals surface area contributed by atoms with Crippen molar-refractivity contribution in [2.45, 2.75) is 26.3 Å². The van der Waals surface area contributed by atoms with Crippen LogP contribution in [0.5, 0.6) is 0 Å². The van der Waals surface area contributed by atoms with Crippen molar-refractivity contribution in [3.63, 3.8) is 0 Å². The lowest BCUT2D eigenvalue weighted by atomic mass is 9.88. The molecule has 1 heterocycles. The fraction of sp³-hybridized carbons (Fsp3) is 0.636. The molecule has 1 atom stereocenters. The Morgan fingerprint density at radius 1 is 1.69 bits per heavy atom. The summed E-state index contributed by atoms with van der Waals surface area (Å²) >= 11 is 0. The molecule has 1 aromatic rings. The van der Waals surface area contributed by atoms with Gasteiger partial charge in [-0.25, -0.2) is 0 Å². The molecule has 0 aromatic carbocycles. The summed E-state index contributed by atoms with van der Waals surface area (Å²) in [5.74, 6) is 0.0902. The summed E-state index contributed by atoms with van der Waals surface area (Å²) < 4.78 is 1.60. The van der Waals surface area contributed by atoms with Gasteiger partial charge in [0.25, 0.3) is 5.91 Å². The van der Waals surface area contributed by atoms with Gasteiger partial charge in [-0.05, 0) is 18.9 Å². The minimum Gasteiger partial charge on any atom is -0.344 e. The third-order valence-electron chi connectivity index (χ3n) is 3.04. The average Bonchev–Trinajstić information content (AvgIpc) is 2.64. The van der Waals surface area contributed by atoms with Gasteiger partial charge in [-0.15, -0.1) is 0 Å². The Morgan fingerprint density at radius 3 is 2.69 bits per heavy atom. The molecule has 0 saturated heterocycles. The number of rotatable bonds is 4. The van der Waals surface area contributed by atoms with Crippen molar-refractivity contribution in [1.29, 1.82) is 0 Å². The van der Waals surface area contributed by atoms with E-state index in [2.05, 4.69) is 10.4 Å². The molecular weight excluding hydrogens is 204 g/mol. The first-order valence-electron chi connectivity index (χ1n) is 5.41. The van der Waals surface area contributed by atoms with Crippen LogP contribution in [0.2, 0.25) is 0 Å². The molecule has 3 N–H and O–H groups in total. The van der Waals surface area contributed by atoms with E-state index in [9.17, 15) is 4.79 Å². The van der Waals surface area contributed by atoms with Gasteiger partial charge in [0.1, 0.15) is 5.69 Å². The predicted octanol–water partition coefficient (Wildman–Crippen LogP) is 0.523. The van der Waals surface area contributed by atoms with Crippen molar-refractivity contribution in [3.8, 4) is 0 Å². The van der Waals surface area contributed by atoms with Crippen LogP contribution in [0.1, 0.15) is 31.3 Å². The van der Waals surface area contributed by atoms with Gasteiger partial charge in [-0.1, -0.05) is 13.8 Å². The van der Waals surface area contributed by atoms with Crippen LogP contribution in [0.25, 0.3) is 0 Å². The highest BCUT2D eigenvalue weighted by Crippen LogP contribution is 2.15. The average molecular weight is 224 g/mol. The van der Waals surface area contributed by atoms with E-state index in [0.29, 0.717) is 12.2 Å². The fourth-order valence-electron chi connectivity index (χ4n) is 1.29. The Balaban J connectivity index is 2.77. The van der Waals surface area contributed by atoms with Crippen LogP contribution in [-0.2, 0) is 7.05 Å². The molecule has 0 aliphatic heterocycles. The highest BCUT2D eigenvalue weighted by atomic mass is 16.2. The highest BCUT2D eigenvalue weighted by molar-refractivity contribution is 5.92. The number of nitrogens with two attached hydrogens (primary N) is 1. The van der Waals surface area contributed by atoms with E-state index in [0.717, 1.165) is 0 Å². The summed E-state index contributed by atoms with van der Waals surface area (Å²) in [6.45, 7) is 6.42. The summed E-state index contributed by atoms with van der Waals surface area (Å²) in [4.78, 5) is 11.9. The van der Waals surface area contributed by atoms with Gasteiger partial charge in [0.15, 0.2) is 0 Å². The van der Waals surface area contributed by atoms with Gasteiger partial charge in [-0.3, -0.25) is 9.48 Å². The summed E-state index contributed by atoms with van der Waals surface area (Å²) in [7, 11) is 1.78. The number of carbonyl (C=O) groups excluding carboxylic acids is 1. The lowest BCUT2D eigenvalue weighted by Gasteiger charge is -2.33. The molecule has 0 aliphatic rings. The maximum atomic E-state index is 11.9. The topological polar surface area (TPSA) is 72.9 Å². The number of hydrogen-bond acceptors (Lipinski definition) is 3. The van der Waals surface area contributed by atoms with Crippen LogP contribution in [0.4, 0.5) is 0 Å². The number of aromatic nitrogens is 2. The standard InChI is InChI=1S/C11H20N4O/c1-8(2)11(3,7-12)13-10(16)9-5-6-15(4)14-9/h5-6,8H,7,12H2,1-4H3,(H,13,16). The second-order valence-electron chi connectivity index (χ2n) is 4.61. The van der Waals surface area contributed by atoms with Gasteiger partial charge in [0.05, 0.1) is 5.54 Å². The van der Waals surface area contributed by atoms with Crippen molar-refractivity contribution >= 4 is 5.91 Å². The Kier molecular flexibility index (Phi) is 3.70. The quantitative estimate of drug-likeness (QED) is 0.783. The fourth-order valence-corrected chi connectivity index (χ4v) is 1.29. The lowest BCUT2D eigenvalue weighted by Crippen LogP contribution is -2.55. The Morgan fingerprint density at radius 2 is 2.31 bits per heavy atom. The molecule has 1 rings (SSSR count). The molecule has 0 radical (unpaired) electrons. The van der Waals surface area contributed by atoms with E-state index in [1.165, 1.54) is 0 Å². The normalized spacial score (nSPS) is 14.9. The second-order valence-corrected chi connectivity index (χ2v) is 4.61. The summed E-state index contributed by atoms with van der Waals surface area (Å²) in [5, 5.41) is 6.98. The first kappa shape index (κ1) is 12.7. The van der Waals surface area contributed by atoms with E-state index in [4.69, 9.17) is 5.73 Å². The molecule has 90 valence electrons. The van der Waals surface area contributed by atoms with Gasteiger partial charge >= 0.3 is 0 Å². The van der Waals surface area contributed by atoms with Crippen LogP contribution < -0.4 is 11.1 Å². The first-order chi connectivity index (χ1) is 7.39. The van der Waals surface area contributed by atoms with E-state index in [1.807, 2.05) is 20.8 Å². The van der Waals surface area contributed by atoms with Crippen molar-refractivity contribution in [2.24, 2.45) is 18.7 Å². The van der Waals surface area contributed by atoms with Crippen molar-refractivity contribution in [1.82, 2.24) is 15.1 Å². The minimum atomic E-state index is -0.394. The van der Waals surface area contributed by atoms with Gasteiger partial charge < -0.3 is 11.1 Å². The molecule has 0 aliphatic carbocycles. The predicted molar refractivity (Wildman–Crippen MR) is 63.0 cm³/mol. The number of hydrogen-bond donors (Lipinski definition) is 2. The van der Waals surface area contributed by atoms with Crippen LogP contribution >= 0.6 is 0 Å². The van der Waals surface area contributed by atoms with Gasteiger partial charge in [0, 0.05) is 19.8 Å². The molecule has 0 spiro atoms. The van der Waals surface area contributed by atoms with Crippen LogP contribution in [-0.4, -0.2) is 27.8 Å². The maximum absolute atomic E-state index is 11.9. The van der Waals surface area contributed by atoms with Crippen molar-refractivity contribution < 1.29 is 4.79 Å². The number of nitrogens with zero attached hydrogens (tertiary/aromatic N) is 2. The number of carbonyl (C=O) groups is 1. The Hall–Kier alpha value is -1.36. The van der Waals surface area contributed by atoms with Crippen LogP contribution in [0.15, 0.2) is 12.3 Å². The molecule has 1 unspecified atom stereocenters. The van der Waals surface area contributed by atoms with Gasteiger partial charge in [0.2, 0.25) is 0 Å². The van der Waals surface area contributed by atoms with Crippen molar-refractivity contribution in [3.05, 3.63) is 18.0 Å². The molecule has 1 aromatic heterocycles. The molecular formula is C11H20N4O. The minimum absolute atomic E-state index is 0.178. The number of nitrogens with one attached hydrogen (secondary N) is 1. The second kappa shape index (κ2) is 4.65. The third-order valence-corrected chi connectivity index (χ3v) is 3.04. The zero-order valence-electron chi connectivity index (χ0n) is 10.3. The number of aryl methyl sites for hydroxylation is 1. The molecule has 1 amide bonds. The molecule has 0 bridgehead atoms. The lowest BCUT2D eigenvalue weighted by molar-refractivity contribution is 0.0877. The Bertz CT molecular complexity index is 372. The molecule has 5 heteroatoms. The third kappa shape index (κ3) is 2.61. The largest absolute Gasteiger partial charge is 0.344 e. The van der Waals surface area contributed by atoms with E-state index in [1.54, 1.807) is 24.0 Å². The molecule has 16 heavy (non-hydrogen) atoms. The van der Waals surface area contributed by atoms with Gasteiger partial charge in [-0.2, -0.15) is 5.10 Å². The zero-order valence-corrected chi connectivity index (χ0v) is 10.3. The highest BCUT2D eigenvalue weighted by Gasteiger charge is 2.29. The number of amides is 1. The van der Waals surface area contributed by atoms with E-state index < -0.39 is 5.54 Å². The van der Waals surface area contributed by atoms with E-state index in [-0.39, 0.29) is 11.8 Å². The SMILES string of the molecule is CC(C)C(C)(CN)NC(=O)c1ccn(C)n1. The maximum Gasteiger partial charge on any atom is 0.272 e. The molecule has 0 fully saturated rings. The Labute approximate surface area is 96.0 Å². The van der Waals surface area contributed by atoms with Crippen LogP contribution in [0, 0.1) is 5.92 Å². The zero-order chi connectivity index (χ0) is 12.3. The summed E-state index contributed by atoms with van der Waals surface area (Å²) in [6.07, 6.45) is 1.74. The smallest absolute Gasteiger partial charge is 0.272 e. The molecule has 0 saturated carbocycles. The summed E-state index contributed by atoms with van der Waals surface area (Å²) in [5.41, 5.74) is 5.72. The van der Waals surface area contributed by atoms with Crippen LogP contribution in [0.3, 0.4) is 0 Å². The van der Waals surface area contributed by atoms with Crippen molar-refractivity contribution in [2.75, 3.05) is 6.54 Å².